The van der Waals surface area contributed by atoms with Crippen LogP contribution < -0.4 is 21.1 Å². The van der Waals surface area contributed by atoms with Crippen LogP contribution in [0.5, 0.6) is 0 Å². The molecular formula is C57H41BN2. The van der Waals surface area contributed by atoms with Crippen molar-refractivity contribution in [3.8, 4) is 44.5 Å². The van der Waals surface area contributed by atoms with Crippen LogP contribution in [0.25, 0.3) is 66.1 Å². The van der Waals surface area contributed by atoms with Crippen LogP contribution in [0.1, 0.15) is 5.56 Å². The molecule has 0 bridgehead atoms. The molecule has 0 amide bonds. The van der Waals surface area contributed by atoms with E-state index >= 15 is 0 Å². The normalized spacial score (nSPS) is 11.8. The smallest absolute Gasteiger partial charge is 0.198 e. The second kappa shape index (κ2) is 15.0. The number of fused-ring (bicyclic) bond motifs is 4. The Labute approximate surface area is 352 Å². The first-order valence-corrected chi connectivity index (χ1v) is 20.8. The van der Waals surface area contributed by atoms with Gasteiger partial charge < -0.3 is 10.2 Å². The fraction of sp³-hybridized carbons (Fsp3) is 0.0175. The van der Waals surface area contributed by atoms with Crippen molar-refractivity contribution in [1.82, 2.24) is 0 Å². The minimum absolute atomic E-state index is 0.797. The molecule has 0 fully saturated rings. The lowest BCUT2D eigenvalue weighted by atomic mass is 9.57. The van der Waals surface area contributed by atoms with Gasteiger partial charge in [0.05, 0.1) is 0 Å². The molecule has 10 aromatic carbocycles. The van der Waals surface area contributed by atoms with Crippen molar-refractivity contribution < 1.29 is 0 Å². The fourth-order valence-electron chi connectivity index (χ4n) is 9.04. The zero-order valence-electron chi connectivity index (χ0n) is 33.4. The van der Waals surface area contributed by atoms with E-state index in [1.807, 2.05) is 0 Å². The third kappa shape index (κ3) is 6.51. The van der Waals surface area contributed by atoms with Crippen molar-refractivity contribution in [2.24, 2.45) is 0 Å². The van der Waals surface area contributed by atoms with Crippen LogP contribution in [0.3, 0.4) is 0 Å². The molecule has 3 heteroatoms. The monoisotopic (exact) mass is 764 g/mol. The quantitative estimate of drug-likeness (QED) is 0.163. The molecule has 0 aromatic heterocycles. The molecule has 2 nitrogen and oxygen atoms in total. The van der Waals surface area contributed by atoms with Gasteiger partial charge in [0.25, 0.3) is 0 Å². The number of hydrogen-bond donors (Lipinski definition) is 1. The molecule has 1 aliphatic heterocycles. The van der Waals surface area contributed by atoms with Crippen molar-refractivity contribution in [3.05, 3.63) is 224 Å². The minimum Gasteiger partial charge on any atom is -0.355 e. The van der Waals surface area contributed by atoms with Gasteiger partial charge in [0.2, 0.25) is 0 Å². The molecule has 0 spiro atoms. The molecular weight excluding hydrogens is 723 g/mol. The SMILES string of the molecule is Cc1ccc(-c2ccccc2)cc1N1c2cc3ccccc3cc2Bc2c(-c3cc4ccccc4cc3Nc3ccc(-c4ccccc4)cc3)cc(-c3ccccc3)cc21. The summed E-state index contributed by atoms with van der Waals surface area (Å²) in [4.78, 5) is 2.55. The number of nitrogens with zero attached hydrogens (tertiary/aromatic N) is 1. The number of benzene rings is 10. The average molecular weight is 765 g/mol. The summed E-state index contributed by atoms with van der Waals surface area (Å²) >= 11 is 0. The molecule has 0 saturated carbocycles. The maximum atomic E-state index is 3.92. The fourth-order valence-corrected chi connectivity index (χ4v) is 9.04. The zero-order valence-corrected chi connectivity index (χ0v) is 33.4. The van der Waals surface area contributed by atoms with Crippen LogP contribution >= 0.6 is 0 Å². The molecule has 0 saturated heterocycles. The van der Waals surface area contributed by atoms with Crippen LogP contribution in [0.15, 0.2) is 218 Å². The number of hydrogen-bond acceptors (Lipinski definition) is 2. The molecule has 0 atom stereocenters. The van der Waals surface area contributed by atoms with E-state index in [-0.39, 0.29) is 0 Å². The summed E-state index contributed by atoms with van der Waals surface area (Å²) in [6.45, 7) is 2.25. The summed E-state index contributed by atoms with van der Waals surface area (Å²) in [5.74, 6) is 0. The Morgan fingerprint density at radius 2 is 0.867 bits per heavy atom. The first-order chi connectivity index (χ1) is 29.6. The Morgan fingerprint density at radius 3 is 1.52 bits per heavy atom. The second-order valence-corrected chi connectivity index (χ2v) is 15.9. The van der Waals surface area contributed by atoms with Crippen molar-refractivity contribution >= 4 is 68.2 Å². The number of rotatable bonds is 7. The van der Waals surface area contributed by atoms with Crippen LogP contribution in [0.4, 0.5) is 28.4 Å². The van der Waals surface area contributed by atoms with Crippen molar-refractivity contribution in [2.75, 3.05) is 10.2 Å². The summed E-state index contributed by atoms with van der Waals surface area (Å²) in [7, 11) is 0.797. The number of nitrogens with one attached hydrogen (secondary N) is 1. The molecule has 1 heterocycles. The molecule has 11 rings (SSSR count). The van der Waals surface area contributed by atoms with Gasteiger partial charge in [-0.2, -0.15) is 0 Å². The summed E-state index contributed by atoms with van der Waals surface area (Å²) < 4.78 is 0. The van der Waals surface area contributed by atoms with Crippen molar-refractivity contribution in [2.45, 2.75) is 6.92 Å². The van der Waals surface area contributed by atoms with Gasteiger partial charge in [0.1, 0.15) is 0 Å². The Morgan fingerprint density at radius 1 is 0.367 bits per heavy atom. The highest BCUT2D eigenvalue weighted by Crippen LogP contribution is 2.45. The van der Waals surface area contributed by atoms with Gasteiger partial charge in [-0.3, -0.25) is 0 Å². The third-order valence-electron chi connectivity index (χ3n) is 12.1. The Hall–Kier alpha value is -7.62. The van der Waals surface area contributed by atoms with Gasteiger partial charge >= 0.3 is 0 Å². The molecule has 60 heavy (non-hydrogen) atoms. The molecule has 0 aliphatic carbocycles. The summed E-state index contributed by atoms with van der Waals surface area (Å²) in [6.07, 6.45) is 0. The highest BCUT2D eigenvalue weighted by Gasteiger charge is 2.30. The van der Waals surface area contributed by atoms with Gasteiger partial charge in [-0.15, -0.1) is 0 Å². The van der Waals surface area contributed by atoms with E-state index in [2.05, 4.69) is 236 Å². The highest BCUT2D eigenvalue weighted by atomic mass is 15.2. The van der Waals surface area contributed by atoms with Crippen molar-refractivity contribution in [1.29, 1.82) is 0 Å². The van der Waals surface area contributed by atoms with E-state index in [0.717, 1.165) is 18.7 Å². The summed E-state index contributed by atoms with van der Waals surface area (Å²) in [5.41, 5.74) is 19.1. The Kier molecular flexibility index (Phi) is 8.86. The van der Waals surface area contributed by atoms with Crippen molar-refractivity contribution in [3.63, 3.8) is 0 Å². The molecule has 282 valence electrons. The lowest BCUT2D eigenvalue weighted by Gasteiger charge is -2.37. The molecule has 0 radical (unpaired) electrons. The predicted molar refractivity (Wildman–Crippen MR) is 259 cm³/mol. The van der Waals surface area contributed by atoms with Crippen LogP contribution in [-0.4, -0.2) is 7.28 Å². The lowest BCUT2D eigenvalue weighted by Crippen LogP contribution is -2.41. The predicted octanol–water partition coefficient (Wildman–Crippen LogP) is 13.9. The maximum Gasteiger partial charge on any atom is 0.198 e. The molecule has 0 unspecified atom stereocenters. The van der Waals surface area contributed by atoms with Gasteiger partial charge in [0, 0.05) is 34.0 Å². The topological polar surface area (TPSA) is 15.3 Å². The standard InChI is InChI=1S/C57H41BN2/c1-38-25-26-47(40-17-7-3-8-18-40)35-54(38)60-55-36-46-24-14-12-22-44(46)33-52(55)58-57-51(32-48(37-56(57)60)41-19-9-4-10-20-41)50-31-43-21-11-13-23-45(43)34-53(50)59-49-29-27-42(28-30-49)39-15-5-2-6-16-39/h2-37,58-59H,1H3. The molecule has 10 aromatic rings. The largest absolute Gasteiger partial charge is 0.355 e. The maximum absolute atomic E-state index is 3.92. The van der Waals surface area contributed by atoms with E-state index in [9.17, 15) is 0 Å². The van der Waals surface area contributed by atoms with Gasteiger partial charge in [0.15, 0.2) is 7.28 Å². The lowest BCUT2D eigenvalue weighted by molar-refractivity contribution is 1.26. The first kappa shape index (κ1) is 35.5. The minimum atomic E-state index is 0.797. The highest BCUT2D eigenvalue weighted by molar-refractivity contribution is 6.73. The average Bonchev–Trinajstić information content (AvgIpc) is 3.31. The summed E-state index contributed by atoms with van der Waals surface area (Å²) in [5, 5.41) is 8.81. The Bertz CT molecular complexity index is 3190. The summed E-state index contributed by atoms with van der Waals surface area (Å²) in [6, 6.07) is 79.8. The van der Waals surface area contributed by atoms with E-state index in [1.165, 1.54) is 99.6 Å². The second-order valence-electron chi connectivity index (χ2n) is 15.9. The van der Waals surface area contributed by atoms with Gasteiger partial charge in [-0.25, -0.2) is 0 Å². The molecule has 1 N–H and O–H groups in total. The Balaban J connectivity index is 1.16. The van der Waals surface area contributed by atoms with Gasteiger partial charge in [-0.05, 0) is 127 Å². The van der Waals surface area contributed by atoms with E-state index in [0.29, 0.717) is 0 Å². The molecule has 1 aliphatic rings. The zero-order chi connectivity index (χ0) is 40.0. The first-order valence-electron chi connectivity index (χ1n) is 20.8. The van der Waals surface area contributed by atoms with Crippen LogP contribution in [0.2, 0.25) is 0 Å². The van der Waals surface area contributed by atoms with E-state index < -0.39 is 0 Å². The van der Waals surface area contributed by atoms with Crippen LogP contribution in [0, 0.1) is 6.92 Å². The van der Waals surface area contributed by atoms with E-state index in [4.69, 9.17) is 0 Å². The van der Waals surface area contributed by atoms with Crippen LogP contribution in [-0.2, 0) is 0 Å². The van der Waals surface area contributed by atoms with E-state index in [1.54, 1.807) is 0 Å². The number of anilines is 5. The van der Waals surface area contributed by atoms with Gasteiger partial charge in [-0.1, -0.05) is 175 Å². The third-order valence-corrected chi connectivity index (χ3v) is 12.1. The number of aryl methyl sites for hydroxylation is 1.